The van der Waals surface area contributed by atoms with Crippen LogP contribution in [0, 0.1) is 11.8 Å². The lowest BCUT2D eigenvalue weighted by Crippen LogP contribution is -2.58. The molecular weight excluding hydrogens is 265 g/mol. The summed E-state index contributed by atoms with van der Waals surface area (Å²) in [6.45, 7) is 4.26. The highest BCUT2D eigenvalue weighted by Crippen LogP contribution is 2.45. The topological polar surface area (TPSA) is 29.3 Å². The molecule has 0 bridgehead atoms. The van der Waals surface area contributed by atoms with Crippen LogP contribution < -0.4 is 5.73 Å². The van der Waals surface area contributed by atoms with Gasteiger partial charge in [0.15, 0.2) is 0 Å². The van der Waals surface area contributed by atoms with E-state index in [2.05, 4.69) is 11.8 Å². The Morgan fingerprint density at radius 3 is 2.45 bits per heavy atom. The van der Waals surface area contributed by atoms with Gasteiger partial charge in [0.1, 0.15) is 0 Å². The lowest BCUT2D eigenvalue weighted by Gasteiger charge is -2.48. The third-order valence-electron chi connectivity index (χ3n) is 5.00. The van der Waals surface area contributed by atoms with Crippen molar-refractivity contribution in [2.24, 2.45) is 17.6 Å². The summed E-state index contributed by atoms with van der Waals surface area (Å²) in [5.41, 5.74) is 5.54. The molecule has 5 heteroatoms. The maximum atomic E-state index is 13.1. The highest BCUT2D eigenvalue weighted by Gasteiger charge is 2.49. The second-order valence-electron chi connectivity index (χ2n) is 6.65. The number of hydrogen-bond acceptors (Lipinski definition) is 2. The predicted molar refractivity (Wildman–Crippen MR) is 74.4 cm³/mol. The fraction of sp³-hybridized carbons (Fsp3) is 1.00. The van der Waals surface area contributed by atoms with E-state index < -0.39 is 17.6 Å². The second-order valence-corrected chi connectivity index (χ2v) is 6.65. The zero-order chi connectivity index (χ0) is 14.8. The standard InChI is InChI=1S/C15H27F3N2/c1-2-8-20(10-12-5-6-12)14(11-19)7-3-4-13(9-14)15(16,17)18/h12-13H,2-11,19H2,1H3. The minimum Gasteiger partial charge on any atom is -0.329 e. The number of rotatable bonds is 6. The maximum absolute atomic E-state index is 13.1. The average molecular weight is 292 g/mol. The van der Waals surface area contributed by atoms with Crippen LogP contribution in [0.3, 0.4) is 0 Å². The molecule has 0 aromatic rings. The van der Waals surface area contributed by atoms with Gasteiger partial charge in [-0.05, 0) is 51.0 Å². The second kappa shape index (κ2) is 6.22. The van der Waals surface area contributed by atoms with Gasteiger partial charge in [-0.2, -0.15) is 13.2 Å². The van der Waals surface area contributed by atoms with Crippen LogP contribution in [0.4, 0.5) is 13.2 Å². The molecule has 2 aliphatic carbocycles. The summed E-state index contributed by atoms with van der Waals surface area (Å²) < 4.78 is 39.3. The number of nitrogens with two attached hydrogens (primary N) is 1. The Bertz CT molecular complexity index is 315. The molecule has 0 saturated heterocycles. The van der Waals surface area contributed by atoms with Crippen LogP contribution in [0.1, 0.15) is 51.9 Å². The van der Waals surface area contributed by atoms with Gasteiger partial charge in [-0.15, -0.1) is 0 Å². The molecule has 0 spiro atoms. The molecule has 2 aliphatic rings. The van der Waals surface area contributed by atoms with Gasteiger partial charge in [-0.3, -0.25) is 4.90 Å². The van der Waals surface area contributed by atoms with E-state index in [4.69, 9.17) is 5.73 Å². The van der Waals surface area contributed by atoms with Gasteiger partial charge in [-0.1, -0.05) is 13.3 Å². The van der Waals surface area contributed by atoms with Gasteiger partial charge in [0.2, 0.25) is 0 Å². The fourth-order valence-corrected chi connectivity index (χ4v) is 3.63. The van der Waals surface area contributed by atoms with Crippen molar-refractivity contribution in [3.05, 3.63) is 0 Å². The molecule has 0 aromatic heterocycles. The number of alkyl halides is 3. The van der Waals surface area contributed by atoms with Crippen molar-refractivity contribution >= 4 is 0 Å². The lowest BCUT2D eigenvalue weighted by atomic mass is 9.74. The summed E-state index contributed by atoms with van der Waals surface area (Å²) >= 11 is 0. The Kier molecular flexibility index (Phi) is 5.00. The molecule has 0 amide bonds. The molecule has 2 atom stereocenters. The summed E-state index contributed by atoms with van der Waals surface area (Å²) in [5.74, 6) is -0.477. The molecule has 0 aromatic carbocycles. The van der Waals surface area contributed by atoms with E-state index in [1.165, 1.54) is 12.8 Å². The first-order valence-electron chi connectivity index (χ1n) is 7.93. The van der Waals surface area contributed by atoms with Crippen LogP contribution in [0.15, 0.2) is 0 Å². The first-order valence-corrected chi connectivity index (χ1v) is 7.93. The van der Waals surface area contributed by atoms with Crippen LogP contribution in [0.5, 0.6) is 0 Å². The highest BCUT2D eigenvalue weighted by atomic mass is 19.4. The molecule has 118 valence electrons. The quantitative estimate of drug-likeness (QED) is 0.811. The molecule has 2 nitrogen and oxygen atoms in total. The van der Waals surface area contributed by atoms with E-state index in [-0.39, 0.29) is 12.8 Å². The van der Waals surface area contributed by atoms with Crippen LogP contribution in [0.2, 0.25) is 0 Å². The van der Waals surface area contributed by atoms with E-state index in [0.717, 1.165) is 25.9 Å². The van der Waals surface area contributed by atoms with Crippen LogP contribution in [-0.2, 0) is 0 Å². The van der Waals surface area contributed by atoms with Gasteiger partial charge in [0.25, 0.3) is 0 Å². The largest absolute Gasteiger partial charge is 0.391 e. The maximum Gasteiger partial charge on any atom is 0.391 e. The van der Waals surface area contributed by atoms with Gasteiger partial charge in [-0.25, -0.2) is 0 Å². The summed E-state index contributed by atoms with van der Waals surface area (Å²) in [6.07, 6.45) is 1.29. The Morgan fingerprint density at radius 1 is 1.25 bits per heavy atom. The number of nitrogens with zero attached hydrogens (tertiary/aromatic N) is 1. The smallest absolute Gasteiger partial charge is 0.329 e. The highest BCUT2D eigenvalue weighted by molar-refractivity contribution is 4.99. The molecule has 20 heavy (non-hydrogen) atoms. The van der Waals surface area contributed by atoms with Crippen molar-refractivity contribution in [1.82, 2.24) is 4.90 Å². The average Bonchev–Trinajstić information content (AvgIpc) is 3.21. The summed E-state index contributed by atoms with van der Waals surface area (Å²) in [7, 11) is 0. The summed E-state index contributed by atoms with van der Waals surface area (Å²) in [6, 6.07) is 0. The monoisotopic (exact) mass is 292 g/mol. The van der Waals surface area contributed by atoms with Crippen LogP contribution >= 0.6 is 0 Å². The first-order chi connectivity index (χ1) is 9.41. The first kappa shape index (κ1) is 16.1. The third kappa shape index (κ3) is 3.67. The van der Waals surface area contributed by atoms with E-state index in [0.29, 0.717) is 18.9 Å². The van der Waals surface area contributed by atoms with E-state index in [9.17, 15) is 13.2 Å². The SMILES string of the molecule is CCCN(CC1CC1)C1(CN)CCCC(C(F)(F)F)C1. The summed E-state index contributed by atoms with van der Waals surface area (Å²) in [4.78, 5) is 2.29. The zero-order valence-corrected chi connectivity index (χ0v) is 12.4. The van der Waals surface area contributed by atoms with E-state index in [1.807, 2.05) is 0 Å². The third-order valence-corrected chi connectivity index (χ3v) is 5.00. The normalized spacial score (nSPS) is 31.8. The van der Waals surface area contributed by atoms with E-state index in [1.54, 1.807) is 0 Å². The van der Waals surface area contributed by atoms with Crippen molar-refractivity contribution in [3.8, 4) is 0 Å². The van der Waals surface area contributed by atoms with Crippen molar-refractivity contribution in [1.29, 1.82) is 0 Å². The predicted octanol–water partition coefficient (Wildman–Crippen LogP) is 3.56. The molecule has 2 N–H and O–H groups in total. The Labute approximate surface area is 119 Å². The van der Waals surface area contributed by atoms with Crippen LogP contribution in [0.25, 0.3) is 0 Å². The minimum atomic E-state index is -4.07. The zero-order valence-electron chi connectivity index (χ0n) is 12.4. The molecule has 2 unspecified atom stereocenters. The Balaban J connectivity index is 2.11. The van der Waals surface area contributed by atoms with E-state index >= 15 is 0 Å². The molecule has 2 rings (SSSR count). The summed E-state index contributed by atoms with van der Waals surface area (Å²) in [5, 5.41) is 0. The minimum absolute atomic E-state index is 0.194. The van der Waals surface area contributed by atoms with Crippen LogP contribution in [-0.4, -0.2) is 36.2 Å². The Hall–Kier alpha value is -0.290. The van der Waals surface area contributed by atoms with Crippen molar-refractivity contribution in [2.45, 2.75) is 63.6 Å². The van der Waals surface area contributed by atoms with Gasteiger partial charge in [0.05, 0.1) is 5.92 Å². The van der Waals surface area contributed by atoms with Gasteiger partial charge in [0, 0.05) is 18.6 Å². The molecule has 2 saturated carbocycles. The van der Waals surface area contributed by atoms with Crippen molar-refractivity contribution in [2.75, 3.05) is 19.6 Å². The van der Waals surface area contributed by atoms with Crippen molar-refractivity contribution in [3.63, 3.8) is 0 Å². The molecule has 0 radical (unpaired) electrons. The number of hydrogen-bond donors (Lipinski definition) is 1. The fourth-order valence-electron chi connectivity index (χ4n) is 3.63. The number of halogens is 3. The molecule has 2 fully saturated rings. The van der Waals surface area contributed by atoms with Gasteiger partial charge < -0.3 is 5.73 Å². The molecule has 0 aliphatic heterocycles. The Morgan fingerprint density at radius 2 is 1.95 bits per heavy atom. The van der Waals surface area contributed by atoms with Gasteiger partial charge >= 0.3 is 6.18 Å². The lowest BCUT2D eigenvalue weighted by molar-refractivity contribution is -0.193. The molecule has 0 heterocycles. The van der Waals surface area contributed by atoms with Crippen molar-refractivity contribution < 1.29 is 13.2 Å². The molecular formula is C15H27F3N2.